The monoisotopic (exact) mass is 839 g/mol. The van der Waals surface area contributed by atoms with Crippen LogP contribution < -0.4 is 0 Å². The molecule has 0 aliphatic rings. The van der Waals surface area contributed by atoms with Crippen LogP contribution in [0.3, 0.4) is 0 Å². The van der Waals surface area contributed by atoms with Crippen LogP contribution in [-0.4, -0.2) is 24.1 Å². The Labute approximate surface area is 379 Å². The van der Waals surface area contributed by atoms with Gasteiger partial charge in [0, 0.05) is 49.6 Å². The summed E-state index contributed by atoms with van der Waals surface area (Å²) in [6.07, 6.45) is 0. The second-order valence-electron chi connectivity index (χ2n) is 17.2. The van der Waals surface area contributed by atoms with Gasteiger partial charge in [-0.1, -0.05) is 164 Å². The van der Waals surface area contributed by atoms with Crippen LogP contribution >= 0.6 is 0 Å². The van der Waals surface area contributed by atoms with Gasteiger partial charge >= 0.3 is 0 Å². The summed E-state index contributed by atoms with van der Waals surface area (Å²) in [6, 6.07) is 80.6. The zero-order valence-corrected chi connectivity index (χ0v) is 35.6. The molecule has 3 heterocycles. The summed E-state index contributed by atoms with van der Waals surface area (Å²) in [4.78, 5) is 15.8. The van der Waals surface area contributed by atoms with Gasteiger partial charge in [0.05, 0.1) is 22.1 Å². The molecule has 0 amide bonds. The molecule has 5 heteroatoms. The Morgan fingerprint density at radius 1 is 0.242 bits per heavy atom. The minimum atomic E-state index is 0.613. The largest absolute Gasteiger partial charge is 0.309 e. The Morgan fingerprint density at radius 3 is 1.44 bits per heavy atom. The maximum Gasteiger partial charge on any atom is 0.164 e. The standard InChI is InChI=1S/C61H37N5/c1-2-15-38(16-3-1)59-62-60(64-61(63-59)54-34-43-21-8-9-24-47(43)48-25-10-11-26-49(48)54)44-22-14-23-45(31-44)66-57-36-42-20-7-5-18-40(42)33-53(57)51-30-29-46(37-58(51)66)65-55-28-13-12-27-50(55)52-32-39-17-4-6-19-41(39)35-56(52)65/h1-37H. The molecule has 0 spiro atoms. The molecule has 0 aliphatic carbocycles. The molecule has 0 fully saturated rings. The molecule has 0 atom stereocenters. The lowest BCUT2D eigenvalue weighted by molar-refractivity contribution is 1.07. The second-order valence-corrected chi connectivity index (χ2v) is 17.2. The molecule has 3 aromatic heterocycles. The van der Waals surface area contributed by atoms with Crippen molar-refractivity contribution in [2.75, 3.05) is 0 Å². The minimum absolute atomic E-state index is 0.613. The van der Waals surface area contributed by atoms with E-state index in [-0.39, 0.29) is 0 Å². The van der Waals surface area contributed by atoms with E-state index in [4.69, 9.17) is 15.0 Å². The number of hydrogen-bond donors (Lipinski definition) is 0. The third-order valence-corrected chi connectivity index (χ3v) is 13.5. The zero-order valence-electron chi connectivity index (χ0n) is 35.6. The van der Waals surface area contributed by atoms with Crippen molar-refractivity contribution in [1.82, 2.24) is 24.1 Å². The number of benzene rings is 11. The summed E-state index contributed by atoms with van der Waals surface area (Å²) in [5, 5.41) is 14.3. The van der Waals surface area contributed by atoms with Crippen LogP contribution in [0.2, 0.25) is 0 Å². The van der Waals surface area contributed by atoms with Crippen molar-refractivity contribution < 1.29 is 0 Å². The van der Waals surface area contributed by atoms with E-state index in [1.807, 2.05) is 18.2 Å². The van der Waals surface area contributed by atoms with E-state index in [9.17, 15) is 0 Å². The van der Waals surface area contributed by atoms with Crippen LogP contribution in [0.4, 0.5) is 0 Å². The summed E-state index contributed by atoms with van der Waals surface area (Å²) >= 11 is 0. The Morgan fingerprint density at radius 2 is 0.727 bits per heavy atom. The lowest BCUT2D eigenvalue weighted by Crippen LogP contribution is -2.02. The summed E-state index contributed by atoms with van der Waals surface area (Å²) < 4.78 is 4.85. The molecular formula is C61H37N5. The fourth-order valence-electron chi connectivity index (χ4n) is 10.4. The highest BCUT2D eigenvalue weighted by Crippen LogP contribution is 2.41. The molecule has 66 heavy (non-hydrogen) atoms. The van der Waals surface area contributed by atoms with E-state index in [0.717, 1.165) is 49.9 Å². The smallest absolute Gasteiger partial charge is 0.164 e. The van der Waals surface area contributed by atoms with Crippen molar-refractivity contribution in [3.05, 3.63) is 224 Å². The van der Waals surface area contributed by atoms with Gasteiger partial charge in [0.25, 0.3) is 0 Å². The predicted molar refractivity (Wildman–Crippen MR) is 275 cm³/mol. The first-order chi connectivity index (χ1) is 32.7. The zero-order chi connectivity index (χ0) is 43.3. The normalized spacial score (nSPS) is 11.9. The topological polar surface area (TPSA) is 48.5 Å². The van der Waals surface area contributed by atoms with Crippen LogP contribution in [0.1, 0.15) is 0 Å². The minimum Gasteiger partial charge on any atom is -0.309 e. The van der Waals surface area contributed by atoms with Crippen LogP contribution in [0.15, 0.2) is 224 Å². The first kappa shape index (κ1) is 36.5. The molecule has 5 nitrogen and oxygen atoms in total. The van der Waals surface area contributed by atoms with E-state index >= 15 is 0 Å². The predicted octanol–water partition coefficient (Wildman–Crippen LogP) is 15.7. The lowest BCUT2D eigenvalue weighted by Gasteiger charge is -2.14. The quantitative estimate of drug-likeness (QED) is 0.162. The molecule has 306 valence electrons. The molecule has 0 radical (unpaired) electrons. The molecule has 0 aliphatic heterocycles. The highest BCUT2D eigenvalue weighted by atomic mass is 15.0. The van der Waals surface area contributed by atoms with E-state index < -0.39 is 0 Å². The van der Waals surface area contributed by atoms with Crippen molar-refractivity contribution in [3.63, 3.8) is 0 Å². The van der Waals surface area contributed by atoms with Gasteiger partial charge in [-0.3, -0.25) is 0 Å². The second kappa shape index (κ2) is 14.3. The van der Waals surface area contributed by atoms with Gasteiger partial charge in [-0.25, -0.2) is 15.0 Å². The molecule has 0 saturated carbocycles. The molecule has 11 aromatic carbocycles. The van der Waals surface area contributed by atoms with Gasteiger partial charge in [0.15, 0.2) is 17.5 Å². The molecule has 0 unspecified atom stereocenters. The molecule has 14 rings (SSSR count). The Hall–Kier alpha value is -8.93. The van der Waals surface area contributed by atoms with Gasteiger partial charge in [0.2, 0.25) is 0 Å². The molecule has 0 bridgehead atoms. The van der Waals surface area contributed by atoms with Gasteiger partial charge < -0.3 is 9.13 Å². The first-order valence-corrected chi connectivity index (χ1v) is 22.4. The summed E-state index contributed by atoms with van der Waals surface area (Å²) in [5.74, 6) is 1.88. The van der Waals surface area contributed by atoms with Crippen LogP contribution in [0.25, 0.3) is 132 Å². The lowest BCUT2D eigenvalue weighted by atomic mass is 9.97. The van der Waals surface area contributed by atoms with Gasteiger partial charge in [-0.05, 0) is 104 Å². The Kier molecular flexibility index (Phi) is 7.91. The van der Waals surface area contributed by atoms with E-state index in [0.29, 0.717) is 17.5 Å². The summed E-state index contributed by atoms with van der Waals surface area (Å²) in [5.41, 5.74) is 9.55. The third kappa shape index (κ3) is 5.63. The van der Waals surface area contributed by atoms with Crippen molar-refractivity contribution >= 4 is 86.7 Å². The molecule has 0 N–H and O–H groups in total. The Bertz CT molecular complexity index is 4290. The average Bonchev–Trinajstić information content (AvgIpc) is 3.88. The van der Waals surface area contributed by atoms with E-state index in [1.165, 1.54) is 64.9 Å². The highest BCUT2D eigenvalue weighted by Gasteiger charge is 2.20. The first-order valence-electron chi connectivity index (χ1n) is 22.4. The Balaban J connectivity index is 1.01. The van der Waals surface area contributed by atoms with Gasteiger partial charge in [0.1, 0.15) is 0 Å². The highest BCUT2D eigenvalue weighted by molar-refractivity contribution is 6.17. The fourth-order valence-corrected chi connectivity index (χ4v) is 10.4. The number of rotatable bonds is 5. The maximum atomic E-state index is 5.34. The summed E-state index contributed by atoms with van der Waals surface area (Å²) in [6.45, 7) is 0. The van der Waals surface area contributed by atoms with Crippen LogP contribution in [0.5, 0.6) is 0 Å². The summed E-state index contributed by atoms with van der Waals surface area (Å²) in [7, 11) is 0. The van der Waals surface area contributed by atoms with Crippen LogP contribution in [0, 0.1) is 0 Å². The van der Waals surface area contributed by atoms with Crippen molar-refractivity contribution in [2.45, 2.75) is 0 Å². The molecule has 0 saturated heterocycles. The van der Waals surface area contributed by atoms with Crippen molar-refractivity contribution in [3.8, 4) is 45.5 Å². The SMILES string of the molecule is c1ccc(-c2nc(-c3cccc(-n4c5cc(-n6c7ccccc7c7cc8ccccc8cc76)ccc5c5cc6ccccc6cc54)c3)nc(-c3cc4ccccc4c4ccccc34)n2)cc1. The number of aromatic nitrogens is 5. The fraction of sp³-hybridized carbons (Fsp3) is 0. The third-order valence-electron chi connectivity index (χ3n) is 13.5. The number of hydrogen-bond acceptors (Lipinski definition) is 3. The molecule has 14 aromatic rings. The van der Waals surface area contributed by atoms with Gasteiger partial charge in [-0.2, -0.15) is 0 Å². The number of nitrogens with zero attached hydrogens (tertiary/aromatic N) is 5. The maximum absolute atomic E-state index is 5.34. The van der Waals surface area contributed by atoms with E-state index in [1.54, 1.807) is 0 Å². The molecular weight excluding hydrogens is 803 g/mol. The van der Waals surface area contributed by atoms with Gasteiger partial charge in [-0.15, -0.1) is 0 Å². The average molecular weight is 840 g/mol. The van der Waals surface area contributed by atoms with E-state index in [2.05, 4.69) is 215 Å². The number of para-hydroxylation sites is 1. The van der Waals surface area contributed by atoms with Crippen molar-refractivity contribution in [1.29, 1.82) is 0 Å². The van der Waals surface area contributed by atoms with Crippen molar-refractivity contribution in [2.24, 2.45) is 0 Å². The number of fused-ring (bicyclic) bond motifs is 11. The van der Waals surface area contributed by atoms with Crippen LogP contribution in [-0.2, 0) is 0 Å².